The van der Waals surface area contributed by atoms with Gasteiger partial charge in [0.25, 0.3) is 0 Å². The number of nitrogens with zero attached hydrogens (tertiary/aromatic N) is 2. The van der Waals surface area contributed by atoms with Gasteiger partial charge in [-0.2, -0.15) is 0 Å². The van der Waals surface area contributed by atoms with Gasteiger partial charge in [0.1, 0.15) is 0 Å². The quantitative estimate of drug-likeness (QED) is 0.711. The van der Waals surface area contributed by atoms with Crippen LogP contribution in [0.25, 0.3) is 0 Å². The predicted octanol–water partition coefficient (Wildman–Crippen LogP) is 0.282. The Kier molecular flexibility index (Phi) is 4.01. The number of rotatable bonds is 2. The van der Waals surface area contributed by atoms with Crippen molar-refractivity contribution in [1.82, 2.24) is 15.1 Å². The molecule has 2 aliphatic heterocycles. The highest BCUT2D eigenvalue weighted by Crippen LogP contribution is 2.13. The van der Waals surface area contributed by atoms with E-state index in [0.717, 1.165) is 38.6 Å². The van der Waals surface area contributed by atoms with E-state index in [0.29, 0.717) is 13.1 Å². The lowest BCUT2D eigenvalue weighted by Crippen LogP contribution is -2.50. The van der Waals surface area contributed by atoms with E-state index in [1.807, 2.05) is 0 Å². The van der Waals surface area contributed by atoms with E-state index in [1.54, 1.807) is 0 Å². The van der Waals surface area contributed by atoms with Crippen LogP contribution in [0.1, 0.15) is 12.8 Å². The topological polar surface area (TPSA) is 55.8 Å². The minimum Gasteiger partial charge on any atom is -0.465 e. The van der Waals surface area contributed by atoms with Crippen LogP contribution in [0.5, 0.6) is 0 Å². The van der Waals surface area contributed by atoms with Crippen LogP contribution in [0.2, 0.25) is 0 Å². The van der Waals surface area contributed by atoms with Crippen LogP contribution in [-0.2, 0) is 0 Å². The second kappa shape index (κ2) is 5.50. The Bertz CT molecular complexity index is 233. The number of carbonyl (C=O) groups is 1. The van der Waals surface area contributed by atoms with Gasteiger partial charge in [-0.25, -0.2) is 4.79 Å². The Morgan fingerprint density at radius 3 is 2.62 bits per heavy atom. The van der Waals surface area contributed by atoms with E-state index in [4.69, 9.17) is 5.11 Å². The molecule has 2 heterocycles. The Hall–Kier alpha value is -0.810. The molecule has 2 saturated heterocycles. The van der Waals surface area contributed by atoms with Crippen LogP contribution in [-0.4, -0.2) is 66.8 Å². The average Bonchev–Trinajstić information content (AvgIpc) is 2.31. The minimum absolute atomic E-state index is 0.662. The van der Waals surface area contributed by atoms with Gasteiger partial charge in [0.05, 0.1) is 0 Å². The molecule has 2 aliphatic rings. The summed E-state index contributed by atoms with van der Waals surface area (Å²) in [7, 11) is 0. The maximum atomic E-state index is 10.7. The first-order chi connectivity index (χ1) is 7.75. The van der Waals surface area contributed by atoms with Gasteiger partial charge in [-0.05, 0) is 31.8 Å². The smallest absolute Gasteiger partial charge is 0.407 e. The van der Waals surface area contributed by atoms with E-state index in [-0.39, 0.29) is 0 Å². The molecule has 0 bridgehead atoms. The summed E-state index contributed by atoms with van der Waals surface area (Å²) in [5, 5.41) is 12.3. The molecule has 0 aromatic rings. The minimum atomic E-state index is -0.779. The van der Waals surface area contributed by atoms with Crippen LogP contribution >= 0.6 is 0 Å². The third-order valence-electron chi connectivity index (χ3n) is 3.56. The molecule has 2 rings (SSSR count). The molecule has 2 N–H and O–H groups in total. The number of hydrogen-bond acceptors (Lipinski definition) is 3. The van der Waals surface area contributed by atoms with Crippen LogP contribution < -0.4 is 5.32 Å². The lowest BCUT2D eigenvalue weighted by Gasteiger charge is -2.36. The van der Waals surface area contributed by atoms with Crippen molar-refractivity contribution >= 4 is 6.09 Å². The summed E-state index contributed by atoms with van der Waals surface area (Å²) >= 11 is 0. The third-order valence-corrected chi connectivity index (χ3v) is 3.56. The highest BCUT2D eigenvalue weighted by atomic mass is 16.4. The lowest BCUT2D eigenvalue weighted by atomic mass is 9.99. The Morgan fingerprint density at radius 1 is 1.31 bits per heavy atom. The van der Waals surface area contributed by atoms with Gasteiger partial charge >= 0.3 is 6.09 Å². The van der Waals surface area contributed by atoms with E-state index in [2.05, 4.69) is 10.2 Å². The van der Waals surface area contributed by atoms with Gasteiger partial charge in [0, 0.05) is 32.7 Å². The summed E-state index contributed by atoms with van der Waals surface area (Å²) in [6.07, 6.45) is 1.81. The molecule has 0 saturated carbocycles. The molecule has 1 amide bonds. The maximum Gasteiger partial charge on any atom is 0.407 e. The van der Waals surface area contributed by atoms with Gasteiger partial charge in [0.15, 0.2) is 0 Å². The first-order valence-electron chi connectivity index (χ1n) is 6.16. The molecule has 0 aromatic heterocycles. The number of nitrogens with one attached hydrogen (secondary N) is 1. The van der Waals surface area contributed by atoms with E-state index in [9.17, 15) is 4.79 Å². The summed E-state index contributed by atoms with van der Waals surface area (Å²) < 4.78 is 0. The molecule has 16 heavy (non-hydrogen) atoms. The number of amides is 1. The Balaban J connectivity index is 1.70. The van der Waals surface area contributed by atoms with Crippen molar-refractivity contribution in [2.45, 2.75) is 12.8 Å². The standard InChI is InChI=1S/C11H21N3O2/c15-11(16)14-6-4-13(5-7-14)9-10-2-1-3-12-8-10/h10,12H,1-9H2,(H,15,16)/t10-/m1/s1. The molecule has 92 valence electrons. The fourth-order valence-electron chi connectivity index (χ4n) is 2.57. The van der Waals surface area contributed by atoms with Crippen molar-refractivity contribution in [1.29, 1.82) is 0 Å². The summed E-state index contributed by atoms with van der Waals surface area (Å²) in [5.41, 5.74) is 0. The fraction of sp³-hybridized carbons (Fsp3) is 0.909. The first-order valence-corrected chi connectivity index (χ1v) is 6.16. The van der Waals surface area contributed by atoms with Crippen molar-refractivity contribution in [3.8, 4) is 0 Å². The highest BCUT2D eigenvalue weighted by Gasteiger charge is 2.23. The van der Waals surface area contributed by atoms with E-state index < -0.39 is 6.09 Å². The van der Waals surface area contributed by atoms with Crippen LogP contribution in [0.4, 0.5) is 4.79 Å². The summed E-state index contributed by atoms with van der Waals surface area (Å²) in [6.45, 7) is 6.51. The monoisotopic (exact) mass is 227 g/mol. The number of hydrogen-bond donors (Lipinski definition) is 2. The molecule has 0 radical (unpaired) electrons. The first kappa shape index (κ1) is 11.7. The normalized spacial score (nSPS) is 28.0. The van der Waals surface area contributed by atoms with Crippen molar-refractivity contribution in [2.24, 2.45) is 5.92 Å². The van der Waals surface area contributed by atoms with Gasteiger partial charge in [-0.3, -0.25) is 4.90 Å². The van der Waals surface area contributed by atoms with Gasteiger partial charge in [0.2, 0.25) is 0 Å². The van der Waals surface area contributed by atoms with E-state index in [1.165, 1.54) is 17.7 Å². The molecule has 0 aromatic carbocycles. The number of piperidine rings is 1. The van der Waals surface area contributed by atoms with Crippen molar-refractivity contribution in [2.75, 3.05) is 45.8 Å². The molecule has 0 spiro atoms. The fourth-order valence-corrected chi connectivity index (χ4v) is 2.57. The molecule has 1 atom stereocenters. The molecule has 0 aliphatic carbocycles. The van der Waals surface area contributed by atoms with Crippen LogP contribution in [0, 0.1) is 5.92 Å². The van der Waals surface area contributed by atoms with E-state index >= 15 is 0 Å². The van der Waals surface area contributed by atoms with Crippen LogP contribution in [0.3, 0.4) is 0 Å². The largest absolute Gasteiger partial charge is 0.465 e. The molecular formula is C11H21N3O2. The SMILES string of the molecule is O=C(O)N1CCN(C[C@@H]2CCCNC2)CC1. The summed E-state index contributed by atoms with van der Waals surface area (Å²) in [6, 6.07) is 0. The Morgan fingerprint density at radius 2 is 2.06 bits per heavy atom. The third kappa shape index (κ3) is 3.09. The number of carboxylic acid groups (broad SMARTS) is 1. The summed E-state index contributed by atoms with van der Waals surface area (Å²) in [4.78, 5) is 14.7. The zero-order valence-corrected chi connectivity index (χ0v) is 9.69. The van der Waals surface area contributed by atoms with Crippen molar-refractivity contribution < 1.29 is 9.90 Å². The average molecular weight is 227 g/mol. The van der Waals surface area contributed by atoms with Crippen molar-refractivity contribution in [3.63, 3.8) is 0 Å². The maximum absolute atomic E-state index is 10.7. The molecule has 0 unspecified atom stereocenters. The van der Waals surface area contributed by atoms with Gasteiger partial charge in [-0.15, -0.1) is 0 Å². The molecule has 5 heteroatoms. The molecular weight excluding hydrogens is 206 g/mol. The zero-order chi connectivity index (χ0) is 11.4. The molecule has 2 fully saturated rings. The summed E-state index contributed by atoms with van der Waals surface area (Å²) in [5.74, 6) is 0.755. The second-order valence-electron chi connectivity index (χ2n) is 4.78. The zero-order valence-electron chi connectivity index (χ0n) is 9.69. The van der Waals surface area contributed by atoms with Gasteiger partial charge in [-0.1, -0.05) is 0 Å². The molecule has 5 nitrogen and oxygen atoms in total. The lowest BCUT2D eigenvalue weighted by molar-refractivity contribution is 0.0956. The Labute approximate surface area is 96.4 Å². The number of piperazine rings is 1. The van der Waals surface area contributed by atoms with Gasteiger partial charge < -0.3 is 15.3 Å². The predicted molar refractivity (Wildman–Crippen MR) is 61.6 cm³/mol. The van der Waals surface area contributed by atoms with Crippen LogP contribution in [0.15, 0.2) is 0 Å². The second-order valence-corrected chi connectivity index (χ2v) is 4.78. The van der Waals surface area contributed by atoms with Crippen molar-refractivity contribution in [3.05, 3.63) is 0 Å². The highest BCUT2D eigenvalue weighted by molar-refractivity contribution is 5.65.